The van der Waals surface area contributed by atoms with Crippen molar-refractivity contribution in [1.29, 1.82) is 0 Å². The Labute approximate surface area is 828 Å². The second-order valence-electron chi connectivity index (χ2n) is 47.9. The molecule has 0 fully saturated rings. The molecular weight excluding hydrogens is 1860 g/mol. The van der Waals surface area contributed by atoms with Crippen molar-refractivity contribution >= 4 is 194 Å². The first-order chi connectivity index (χ1) is 67.3. The molecule has 0 saturated heterocycles. The summed E-state index contributed by atoms with van der Waals surface area (Å²) in [5.74, 6) is 0.000690. The molecule has 2 heteroatoms. The minimum atomic E-state index is -0.761. The van der Waals surface area contributed by atoms with Crippen LogP contribution in [0.25, 0.3) is 205 Å². The topological polar surface area (TPSA) is 0 Å². The monoisotopic (exact) mass is 1940 g/mol. The Morgan fingerprint density at radius 2 is 0.450 bits per heavy atom. The van der Waals surface area contributed by atoms with Crippen LogP contribution in [0.1, 0.15) is 245 Å². The summed E-state index contributed by atoms with van der Waals surface area (Å²) in [4.78, 5) is 0. The molecule has 46 rings (SSSR count). The molecule has 0 aromatic heterocycles. The number of allylic oxidation sites excluding steroid dienone is 2. The molecule has 27 aromatic rings. The first-order valence-corrected chi connectivity index (χ1v) is 51.5. The third-order valence-corrected chi connectivity index (χ3v) is 44.9. The van der Waals surface area contributed by atoms with E-state index in [2.05, 4.69) is 287 Å². The Bertz CT molecular complexity index is 11700. The minimum absolute atomic E-state index is 0. The van der Waals surface area contributed by atoms with Gasteiger partial charge in [-0.25, -0.2) is 0 Å². The van der Waals surface area contributed by atoms with Crippen molar-refractivity contribution in [1.82, 2.24) is 0 Å². The molecule has 0 amide bonds. The van der Waals surface area contributed by atoms with Crippen LogP contribution in [0.5, 0.6) is 0 Å². The van der Waals surface area contributed by atoms with Crippen molar-refractivity contribution in [3.05, 3.63) is 436 Å². The zero-order valence-electron chi connectivity index (χ0n) is 80.0. The van der Waals surface area contributed by atoms with E-state index in [9.17, 15) is 0 Å². The van der Waals surface area contributed by atoms with Crippen LogP contribution in [0.4, 0.5) is 0 Å². The summed E-state index contributed by atoms with van der Waals surface area (Å²) in [7, 11) is 0. The molecule has 0 nitrogen and oxygen atoms in total. The number of aryl methyl sites for hydroxylation is 6. The molecule has 19 aliphatic rings. The molecule has 0 N–H and O–H groups in total. The minimum Gasteiger partial charge on any atom is -0.196 e. The normalized spacial score (nSPS) is 23.7. The Hall–Kier alpha value is -13.6. The zero-order chi connectivity index (χ0) is 89.7. The average Bonchev–Trinajstić information content (AvgIpc) is 1.37. The van der Waals surface area contributed by atoms with E-state index in [1.54, 1.807) is 338 Å². The Kier molecular flexibility index (Phi) is 10.0. The molecule has 646 valence electrons. The summed E-state index contributed by atoms with van der Waals surface area (Å²) in [6, 6.07) is 76.3. The van der Waals surface area contributed by atoms with Gasteiger partial charge in [0.1, 0.15) is 0 Å². The van der Waals surface area contributed by atoms with E-state index in [1.165, 1.54) is 128 Å². The SMILES string of the molecule is Cc1c(C)c(C)[c-](C)c1C.Cc1c(C)c(C)[c-](C)c1C.Cc1ccc(C23C4=C5C6=c7c4c4c8c9c7=c7c%10c%11c%12c(c%13c%14c%15c(c2c2c%16c3c4c3c4c%16c%16c%17c%18c%19c%20c%21c%22c%23c%19c%19c%24c(c%11c%11c(c%25c(c7%11)[C@]9(c7ccc(C)cc7)c7c(c-%21c(c3c78)C4(c3ccccc3)[C@@H]%20%17)[C@@]%22%25c3ccc(C)cc3)C%23%24c3ccc(C)cc3)c3c%12c%14c4c3c%19c%18c3c%16c2c%15c34)[C@@]5%13c2ccc(C)cc2)[C@@]6%10c2ccc(C)cc2)cc1.[Ru+].[Ru+]. The van der Waals surface area contributed by atoms with Crippen molar-refractivity contribution in [3.8, 4) is 11.1 Å². The van der Waals surface area contributed by atoms with Crippen LogP contribution in [0.15, 0.2) is 181 Å². The standard InChI is InChI=1S/C118H48.2C10H15.2Ru/c1-36-12-24-43(25-13-36)113-92-67-56-53-51-50-49-52-55(53)68(92)78-63-60(52)66-62-54(49)59-57(50)75-76-58(51)61(56)74-71-64(67)79-87-83-84-88-80-65-72-82-85-86-73(65)96(84)116(46-30-18-39(4)19-31-46)103(86)109-90-89(104(100(78)113)118(109,111(105(79)113)108(87)116)48-34-22-41(6)23-35-48)70(63)91(66)112(97(85)90,42-10-8-7-9-11-42)93(82)69(62)81-77(59)99-102(75)117(47-32-20-40(5)21-33-47)101(76)98(74)115(94(71)83,45-28-16-38(3)17-29-45)107(88)110(117)106(80)114(99,95(72)81)44-26-14-37(2)15-27-44;2*1-6-7(2)9(4)10(5)8(6)3;;/h7-35,91H,1-6H3;2*1-5H3;;/q;2*-1;2*+1/t91-,112?,113?,114?,115+,116+,117+,118-;;;;/m1..../s1. The molecule has 0 heterocycles. The Morgan fingerprint density at radius 3 is 0.907 bits per heavy atom. The van der Waals surface area contributed by atoms with Crippen molar-refractivity contribution in [2.24, 2.45) is 0 Å². The first kappa shape index (κ1) is 71.8. The third-order valence-electron chi connectivity index (χ3n) is 44.9. The Morgan fingerprint density at radius 1 is 0.179 bits per heavy atom. The third kappa shape index (κ3) is 5.29. The molecule has 0 spiro atoms. The van der Waals surface area contributed by atoms with Crippen molar-refractivity contribution in [3.63, 3.8) is 0 Å². The summed E-state index contributed by atoms with van der Waals surface area (Å²) in [6.45, 7) is 36.2. The van der Waals surface area contributed by atoms with Crippen molar-refractivity contribution in [2.75, 3.05) is 0 Å². The van der Waals surface area contributed by atoms with Crippen LogP contribution < -0.4 is 5.22 Å². The fourth-order valence-corrected chi connectivity index (χ4v) is 40.6. The van der Waals surface area contributed by atoms with Gasteiger partial charge in [0.15, 0.2) is 0 Å². The summed E-state index contributed by atoms with van der Waals surface area (Å²) >= 11 is 0. The van der Waals surface area contributed by atoms with Gasteiger partial charge in [-0.15, -0.1) is 0 Å². The molecule has 3 unspecified atom stereocenters. The molecule has 2 radical (unpaired) electrons. The summed E-state index contributed by atoms with van der Waals surface area (Å²) < 4.78 is 0. The smallest absolute Gasteiger partial charge is 0.196 e. The van der Waals surface area contributed by atoms with Crippen LogP contribution in [-0.4, -0.2) is 0 Å². The second kappa shape index (κ2) is 19.5. The Balaban J connectivity index is 0.000000318. The second-order valence-corrected chi connectivity index (χ2v) is 47.9. The van der Waals surface area contributed by atoms with Crippen LogP contribution in [0, 0.1) is 121 Å². The van der Waals surface area contributed by atoms with Gasteiger partial charge in [-0.3, -0.25) is 0 Å². The molecule has 8 atom stereocenters. The van der Waals surface area contributed by atoms with Crippen LogP contribution in [0.2, 0.25) is 0 Å². The fourth-order valence-electron chi connectivity index (χ4n) is 40.6. The van der Waals surface area contributed by atoms with E-state index >= 15 is 0 Å². The quantitative estimate of drug-likeness (QED) is 0.0646. The maximum atomic E-state index is 2.74. The predicted molar refractivity (Wildman–Crippen MR) is 568 cm³/mol. The molecular formula is C138H78Ru2. The van der Waals surface area contributed by atoms with E-state index in [-0.39, 0.29) is 44.9 Å². The summed E-state index contributed by atoms with van der Waals surface area (Å²) in [5, 5.41) is 59.9. The van der Waals surface area contributed by atoms with Crippen LogP contribution in [-0.2, 0) is 76.9 Å². The number of rotatable bonds is 7. The van der Waals surface area contributed by atoms with Gasteiger partial charge in [0, 0.05) is 5.92 Å². The van der Waals surface area contributed by atoms with Crippen LogP contribution in [0.3, 0.4) is 0 Å². The summed E-state index contributed by atoms with van der Waals surface area (Å²) in [6.07, 6.45) is 0. The predicted octanol–water partition coefficient (Wildman–Crippen LogP) is 31.4. The zero-order valence-corrected chi connectivity index (χ0v) is 83.5. The molecule has 0 bridgehead atoms. The summed E-state index contributed by atoms with van der Waals surface area (Å²) in [5.41, 5.74) is 69.4. The molecule has 0 aliphatic heterocycles. The maximum Gasteiger partial charge on any atom is 1.00 e. The van der Waals surface area contributed by atoms with E-state index in [0.717, 1.165) is 0 Å². The number of hydrogen-bond acceptors (Lipinski definition) is 0. The van der Waals surface area contributed by atoms with Crippen molar-refractivity contribution < 1.29 is 39.0 Å². The van der Waals surface area contributed by atoms with E-state index in [1.807, 2.05) is 0 Å². The van der Waals surface area contributed by atoms with Gasteiger partial charge in [0.05, 0.1) is 37.9 Å². The van der Waals surface area contributed by atoms with Crippen molar-refractivity contribution in [2.45, 2.75) is 155 Å². The van der Waals surface area contributed by atoms with Gasteiger partial charge < -0.3 is 0 Å². The van der Waals surface area contributed by atoms with Gasteiger partial charge in [0.2, 0.25) is 0 Å². The van der Waals surface area contributed by atoms with E-state index in [4.69, 9.17) is 0 Å². The molecule has 140 heavy (non-hydrogen) atoms. The van der Waals surface area contributed by atoms with Crippen LogP contribution >= 0.6 is 0 Å². The largest absolute Gasteiger partial charge is 1.00 e. The van der Waals surface area contributed by atoms with Gasteiger partial charge in [-0.05, 0) is 418 Å². The number of benzene rings is 22. The van der Waals surface area contributed by atoms with E-state index < -0.39 is 37.9 Å². The van der Waals surface area contributed by atoms with Gasteiger partial charge in [0.25, 0.3) is 0 Å². The maximum absolute atomic E-state index is 2.74. The molecule has 0 saturated carbocycles. The fraction of sp³-hybridized carbons (Fsp3) is 0.174. The average molecular weight is 1940 g/mol. The van der Waals surface area contributed by atoms with E-state index in [0.29, 0.717) is 0 Å². The first-order valence-electron chi connectivity index (χ1n) is 51.5. The number of hydrogen-bond donors (Lipinski definition) is 0. The van der Waals surface area contributed by atoms with Gasteiger partial charge in [-0.1, -0.05) is 279 Å². The van der Waals surface area contributed by atoms with Gasteiger partial charge >= 0.3 is 39.0 Å². The molecule has 19 aliphatic carbocycles. The van der Waals surface area contributed by atoms with Gasteiger partial charge in [-0.2, -0.15) is 55.6 Å². The molecule has 27 aromatic carbocycles.